The number of aryl methyl sites for hydroxylation is 1. The minimum Gasteiger partial charge on any atom is -0.455 e. The molecular formula is C22H15FO2. The van der Waals surface area contributed by atoms with Crippen molar-refractivity contribution in [3.63, 3.8) is 0 Å². The number of hydrogen-bond donors (Lipinski definition) is 0. The minimum absolute atomic E-state index is 0.119. The molecule has 0 unspecified atom stereocenters. The van der Waals surface area contributed by atoms with Gasteiger partial charge in [-0.3, -0.25) is 4.79 Å². The van der Waals surface area contributed by atoms with Gasteiger partial charge in [-0.05, 0) is 42.3 Å². The van der Waals surface area contributed by atoms with Crippen LogP contribution in [-0.2, 0) is 0 Å². The van der Waals surface area contributed by atoms with E-state index in [2.05, 4.69) is 0 Å². The number of para-hydroxylation sites is 1. The van der Waals surface area contributed by atoms with Crippen LogP contribution in [0.1, 0.15) is 5.56 Å². The molecule has 25 heavy (non-hydrogen) atoms. The summed E-state index contributed by atoms with van der Waals surface area (Å²) in [5, 5.41) is 0.513. The highest BCUT2D eigenvalue weighted by atomic mass is 19.1. The van der Waals surface area contributed by atoms with E-state index in [1.165, 1.54) is 6.07 Å². The molecule has 0 amide bonds. The highest BCUT2D eigenvalue weighted by Gasteiger charge is 2.18. The largest absolute Gasteiger partial charge is 0.455 e. The molecule has 0 aliphatic carbocycles. The Morgan fingerprint density at radius 1 is 0.840 bits per heavy atom. The van der Waals surface area contributed by atoms with Gasteiger partial charge in [0.2, 0.25) is 5.43 Å². The van der Waals surface area contributed by atoms with Gasteiger partial charge in [0.05, 0.1) is 10.9 Å². The predicted molar refractivity (Wildman–Crippen MR) is 98.1 cm³/mol. The lowest BCUT2D eigenvalue weighted by Gasteiger charge is -2.11. The lowest BCUT2D eigenvalue weighted by atomic mass is 9.97. The van der Waals surface area contributed by atoms with Gasteiger partial charge < -0.3 is 4.42 Å². The Morgan fingerprint density at radius 3 is 2.32 bits per heavy atom. The third kappa shape index (κ3) is 2.64. The van der Waals surface area contributed by atoms with Crippen LogP contribution in [0.25, 0.3) is 33.4 Å². The first-order chi connectivity index (χ1) is 12.1. The molecular weight excluding hydrogens is 315 g/mol. The smallest absolute Gasteiger partial charge is 0.201 e. The standard InChI is InChI=1S/C22H15FO2/c1-14-13-16(11-12-18(14)23)20-21(24)17-9-5-6-10-19(17)25-22(20)15-7-3-2-4-8-15/h2-13H,1H3. The van der Waals surface area contributed by atoms with Gasteiger partial charge in [0, 0.05) is 5.56 Å². The zero-order chi connectivity index (χ0) is 17.4. The maximum atomic E-state index is 13.7. The Hall–Kier alpha value is -3.20. The van der Waals surface area contributed by atoms with Crippen LogP contribution in [0.2, 0.25) is 0 Å². The van der Waals surface area contributed by atoms with Gasteiger partial charge in [0.1, 0.15) is 17.2 Å². The van der Waals surface area contributed by atoms with Crippen LogP contribution < -0.4 is 5.43 Å². The molecule has 0 bridgehead atoms. The van der Waals surface area contributed by atoms with Crippen LogP contribution in [0, 0.1) is 12.7 Å². The van der Waals surface area contributed by atoms with Crippen LogP contribution in [0.4, 0.5) is 4.39 Å². The van der Waals surface area contributed by atoms with Crippen molar-refractivity contribution in [3.8, 4) is 22.5 Å². The fourth-order valence-corrected chi connectivity index (χ4v) is 3.00. The summed E-state index contributed by atoms with van der Waals surface area (Å²) < 4.78 is 19.8. The molecule has 0 spiro atoms. The van der Waals surface area contributed by atoms with E-state index >= 15 is 0 Å². The molecule has 1 aromatic heterocycles. The van der Waals surface area contributed by atoms with Gasteiger partial charge in [-0.2, -0.15) is 0 Å². The highest BCUT2D eigenvalue weighted by molar-refractivity contribution is 5.89. The molecule has 0 fully saturated rings. The molecule has 0 saturated heterocycles. The summed E-state index contributed by atoms with van der Waals surface area (Å²) in [6, 6.07) is 21.3. The Morgan fingerprint density at radius 2 is 1.56 bits per heavy atom. The molecule has 0 N–H and O–H groups in total. The van der Waals surface area contributed by atoms with Gasteiger partial charge in [-0.1, -0.05) is 48.5 Å². The average Bonchev–Trinajstić information content (AvgIpc) is 2.65. The van der Waals surface area contributed by atoms with Crippen LogP contribution in [-0.4, -0.2) is 0 Å². The fraction of sp³-hybridized carbons (Fsp3) is 0.0455. The van der Waals surface area contributed by atoms with Gasteiger partial charge >= 0.3 is 0 Å². The topological polar surface area (TPSA) is 30.2 Å². The maximum absolute atomic E-state index is 13.7. The molecule has 4 rings (SSSR count). The Balaban J connectivity index is 2.12. The predicted octanol–water partition coefficient (Wildman–Crippen LogP) is 5.57. The quantitative estimate of drug-likeness (QED) is 0.480. The van der Waals surface area contributed by atoms with E-state index in [0.717, 1.165) is 5.56 Å². The van der Waals surface area contributed by atoms with Crippen LogP contribution in [0.5, 0.6) is 0 Å². The van der Waals surface area contributed by atoms with Gasteiger partial charge in [-0.15, -0.1) is 0 Å². The maximum Gasteiger partial charge on any atom is 0.201 e. The van der Waals surface area contributed by atoms with E-state index in [4.69, 9.17) is 4.42 Å². The third-order valence-electron chi connectivity index (χ3n) is 4.28. The Kier molecular flexibility index (Phi) is 3.69. The first-order valence-electron chi connectivity index (χ1n) is 8.03. The van der Waals surface area contributed by atoms with Crippen molar-refractivity contribution in [2.75, 3.05) is 0 Å². The number of hydrogen-bond acceptors (Lipinski definition) is 2. The van der Waals surface area contributed by atoms with Crippen molar-refractivity contribution in [1.82, 2.24) is 0 Å². The monoisotopic (exact) mass is 330 g/mol. The summed E-state index contributed by atoms with van der Waals surface area (Å²) in [6.07, 6.45) is 0. The summed E-state index contributed by atoms with van der Waals surface area (Å²) in [5.41, 5.74) is 2.82. The van der Waals surface area contributed by atoms with Crippen molar-refractivity contribution in [2.24, 2.45) is 0 Å². The van der Waals surface area contributed by atoms with Crippen molar-refractivity contribution < 1.29 is 8.81 Å². The fourth-order valence-electron chi connectivity index (χ4n) is 3.00. The summed E-state index contributed by atoms with van der Waals surface area (Å²) in [5.74, 6) is 0.200. The molecule has 2 nitrogen and oxygen atoms in total. The first kappa shape index (κ1) is 15.3. The van der Waals surface area contributed by atoms with Crippen molar-refractivity contribution in [3.05, 3.63) is 94.4 Å². The molecule has 0 aliphatic heterocycles. The minimum atomic E-state index is -0.296. The summed E-state index contributed by atoms with van der Waals surface area (Å²) in [4.78, 5) is 13.2. The molecule has 122 valence electrons. The van der Waals surface area contributed by atoms with Crippen LogP contribution in [0.15, 0.2) is 82.0 Å². The van der Waals surface area contributed by atoms with Crippen LogP contribution >= 0.6 is 0 Å². The lowest BCUT2D eigenvalue weighted by molar-refractivity contribution is 0.617. The van der Waals surface area contributed by atoms with E-state index in [0.29, 0.717) is 33.4 Å². The second-order valence-corrected chi connectivity index (χ2v) is 5.96. The molecule has 0 atom stereocenters. The number of rotatable bonds is 2. The molecule has 0 aliphatic rings. The van der Waals surface area contributed by atoms with E-state index in [9.17, 15) is 9.18 Å². The second-order valence-electron chi connectivity index (χ2n) is 5.96. The summed E-state index contributed by atoms with van der Waals surface area (Å²) >= 11 is 0. The zero-order valence-corrected chi connectivity index (χ0v) is 13.6. The van der Waals surface area contributed by atoms with Crippen LogP contribution in [0.3, 0.4) is 0 Å². The zero-order valence-electron chi connectivity index (χ0n) is 13.6. The van der Waals surface area contributed by atoms with E-state index in [1.807, 2.05) is 36.4 Å². The van der Waals surface area contributed by atoms with Gasteiger partial charge in [-0.25, -0.2) is 4.39 Å². The van der Waals surface area contributed by atoms with E-state index in [1.54, 1.807) is 37.3 Å². The highest BCUT2D eigenvalue weighted by Crippen LogP contribution is 2.33. The Bertz CT molecular complexity index is 1130. The van der Waals surface area contributed by atoms with Crippen molar-refractivity contribution in [2.45, 2.75) is 6.92 Å². The molecule has 3 heteroatoms. The SMILES string of the molecule is Cc1cc(-c2c(-c3ccccc3)oc3ccccc3c2=O)ccc1F. The second kappa shape index (κ2) is 6.02. The number of fused-ring (bicyclic) bond motifs is 1. The average molecular weight is 330 g/mol. The van der Waals surface area contributed by atoms with E-state index < -0.39 is 0 Å². The normalized spacial score (nSPS) is 11.0. The molecule has 0 saturated carbocycles. The molecule has 4 aromatic rings. The molecule has 1 heterocycles. The molecule has 0 radical (unpaired) electrons. The molecule has 3 aromatic carbocycles. The van der Waals surface area contributed by atoms with Crippen molar-refractivity contribution in [1.29, 1.82) is 0 Å². The Labute approximate surface area is 144 Å². The van der Waals surface area contributed by atoms with Gasteiger partial charge in [0.15, 0.2) is 0 Å². The first-order valence-corrected chi connectivity index (χ1v) is 8.03. The summed E-state index contributed by atoms with van der Waals surface area (Å²) in [7, 11) is 0. The third-order valence-corrected chi connectivity index (χ3v) is 4.28. The van der Waals surface area contributed by atoms with Gasteiger partial charge in [0.25, 0.3) is 0 Å². The summed E-state index contributed by atoms with van der Waals surface area (Å²) in [6.45, 7) is 1.68. The van der Waals surface area contributed by atoms with Crippen molar-refractivity contribution >= 4 is 11.0 Å². The number of halogens is 1. The number of benzene rings is 3. The lowest BCUT2D eigenvalue weighted by Crippen LogP contribution is -2.07. The van der Waals surface area contributed by atoms with E-state index in [-0.39, 0.29) is 11.2 Å².